The van der Waals surface area contributed by atoms with Crippen molar-refractivity contribution in [1.29, 1.82) is 0 Å². The maximum atomic E-state index is 12.7. The van der Waals surface area contributed by atoms with Crippen LogP contribution in [-0.4, -0.2) is 47.0 Å². The van der Waals surface area contributed by atoms with E-state index in [4.69, 9.17) is 9.97 Å². The molecule has 0 unspecified atom stereocenters. The number of aromatic nitrogens is 2. The topological polar surface area (TPSA) is 49.3 Å². The Morgan fingerprint density at radius 3 is 2.24 bits per heavy atom. The van der Waals surface area contributed by atoms with E-state index in [0.29, 0.717) is 5.91 Å². The number of hydrogen-bond donors (Lipinski definition) is 0. The molecule has 1 aromatic heterocycles. The van der Waals surface area contributed by atoms with Crippen LogP contribution in [0.2, 0.25) is 0 Å². The molecule has 2 aromatic carbocycles. The largest absolute Gasteiger partial charge is 0.353 e. The minimum absolute atomic E-state index is 0.264. The molecule has 1 saturated carbocycles. The van der Waals surface area contributed by atoms with Crippen LogP contribution in [-0.2, 0) is 11.2 Å². The maximum Gasteiger partial charge on any atom is 0.225 e. The van der Waals surface area contributed by atoms with Crippen molar-refractivity contribution in [2.24, 2.45) is 5.92 Å². The lowest BCUT2D eigenvalue weighted by Crippen LogP contribution is -2.51. The smallest absolute Gasteiger partial charge is 0.225 e. The predicted octanol–water partition coefficient (Wildman–Crippen LogP) is 4.80. The molecule has 170 valence electrons. The Morgan fingerprint density at radius 2 is 1.61 bits per heavy atom. The van der Waals surface area contributed by atoms with Crippen molar-refractivity contribution in [3.63, 3.8) is 0 Å². The Balaban J connectivity index is 1.44. The van der Waals surface area contributed by atoms with E-state index in [0.717, 1.165) is 68.3 Å². The Kier molecular flexibility index (Phi) is 6.12. The molecule has 1 aliphatic carbocycles. The van der Waals surface area contributed by atoms with Crippen LogP contribution in [0.1, 0.15) is 41.6 Å². The van der Waals surface area contributed by atoms with E-state index in [1.165, 1.54) is 23.1 Å². The lowest BCUT2D eigenvalue weighted by Gasteiger charge is -2.39. The van der Waals surface area contributed by atoms with Gasteiger partial charge in [-0.05, 0) is 32.3 Å². The van der Waals surface area contributed by atoms with E-state index in [1.54, 1.807) is 0 Å². The number of amides is 1. The van der Waals surface area contributed by atoms with Gasteiger partial charge in [0.1, 0.15) is 5.82 Å². The van der Waals surface area contributed by atoms with Crippen molar-refractivity contribution in [1.82, 2.24) is 14.9 Å². The first-order chi connectivity index (χ1) is 16.1. The van der Waals surface area contributed by atoms with Crippen LogP contribution in [0.25, 0.3) is 11.4 Å². The van der Waals surface area contributed by atoms with Gasteiger partial charge in [-0.25, -0.2) is 9.97 Å². The van der Waals surface area contributed by atoms with E-state index < -0.39 is 0 Å². The summed E-state index contributed by atoms with van der Waals surface area (Å²) in [5, 5.41) is 0. The number of hydrogen-bond acceptors (Lipinski definition) is 4. The molecule has 0 radical (unpaired) electrons. The molecule has 2 heterocycles. The third-order valence-corrected chi connectivity index (χ3v) is 7.07. The van der Waals surface area contributed by atoms with E-state index in [1.807, 2.05) is 18.2 Å². The van der Waals surface area contributed by atoms with E-state index in [2.05, 4.69) is 60.0 Å². The Morgan fingerprint density at radius 1 is 0.909 bits per heavy atom. The van der Waals surface area contributed by atoms with Gasteiger partial charge < -0.3 is 9.80 Å². The molecule has 1 saturated heterocycles. The standard InChI is InChI=1S/C28H32N4O/c1-20-11-13-22(14-12-20)19-25-21(2)29-26(23-7-4-3-5-8-23)30-27(25)31-15-17-32(18-16-31)28(33)24-9-6-10-24/h3-5,7-8,11-14,24H,6,9-10,15-19H2,1-2H3. The van der Waals surface area contributed by atoms with Crippen LogP contribution in [0.5, 0.6) is 0 Å². The van der Waals surface area contributed by atoms with Crippen LogP contribution >= 0.6 is 0 Å². The number of benzene rings is 2. The summed E-state index contributed by atoms with van der Waals surface area (Å²) in [6.45, 7) is 7.36. The van der Waals surface area contributed by atoms with E-state index >= 15 is 0 Å². The highest BCUT2D eigenvalue weighted by atomic mass is 16.2. The molecule has 5 rings (SSSR count). The van der Waals surface area contributed by atoms with Crippen LogP contribution < -0.4 is 4.90 Å². The van der Waals surface area contributed by atoms with Gasteiger partial charge >= 0.3 is 0 Å². The first-order valence-corrected chi connectivity index (χ1v) is 12.1. The molecule has 2 aliphatic rings. The van der Waals surface area contributed by atoms with E-state index in [9.17, 15) is 4.79 Å². The second-order valence-corrected chi connectivity index (χ2v) is 9.40. The normalized spacial score (nSPS) is 16.5. The third-order valence-electron chi connectivity index (χ3n) is 7.07. The summed E-state index contributed by atoms with van der Waals surface area (Å²) in [4.78, 5) is 27.1. The zero-order valence-corrected chi connectivity index (χ0v) is 19.6. The first-order valence-electron chi connectivity index (χ1n) is 12.1. The molecule has 2 fully saturated rings. The highest BCUT2D eigenvalue weighted by Gasteiger charge is 2.32. The Hall–Kier alpha value is -3.21. The van der Waals surface area contributed by atoms with Crippen LogP contribution in [0.15, 0.2) is 54.6 Å². The molecule has 33 heavy (non-hydrogen) atoms. The number of carbonyl (C=O) groups is 1. The lowest BCUT2D eigenvalue weighted by atomic mass is 9.84. The molecule has 5 heteroatoms. The van der Waals surface area contributed by atoms with Crippen molar-refractivity contribution < 1.29 is 4.79 Å². The zero-order chi connectivity index (χ0) is 22.8. The number of anilines is 1. The molecular formula is C28H32N4O. The SMILES string of the molecule is Cc1ccc(Cc2c(C)nc(-c3ccccc3)nc2N2CCN(C(=O)C3CCC3)CC2)cc1. The molecule has 0 spiro atoms. The molecule has 3 aromatic rings. The van der Waals surface area contributed by atoms with Crippen molar-refractivity contribution in [3.05, 3.63) is 77.0 Å². The molecule has 0 atom stereocenters. The molecule has 0 bridgehead atoms. The number of carbonyl (C=O) groups excluding carboxylic acids is 1. The van der Waals surface area contributed by atoms with Gasteiger partial charge in [-0.2, -0.15) is 0 Å². The maximum absolute atomic E-state index is 12.7. The third kappa shape index (κ3) is 4.63. The monoisotopic (exact) mass is 440 g/mol. The molecule has 5 nitrogen and oxygen atoms in total. The van der Waals surface area contributed by atoms with Crippen molar-refractivity contribution >= 4 is 11.7 Å². The summed E-state index contributed by atoms with van der Waals surface area (Å²) in [5.41, 5.74) is 5.76. The first kappa shape index (κ1) is 21.6. The number of aryl methyl sites for hydroxylation is 2. The van der Waals surface area contributed by atoms with Gasteiger partial charge in [0.2, 0.25) is 5.91 Å². The number of nitrogens with zero attached hydrogens (tertiary/aromatic N) is 4. The van der Waals surface area contributed by atoms with Crippen molar-refractivity contribution in [2.75, 3.05) is 31.1 Å². The van der Waals surface area contributed by atoms with Crippen LogP contribution in [0.4, 0.5) is 5.82 Å². The van der Waals surface area contributed by atoms with Gasteiger partial charge in [0, 0.05) is 55.3 Å². The molecule has 1 aliphatic heterocycles. The zero-order valence-electron chi connectivity index (χ0n) is 19.6. The summed E-state index contributed by atoms with van der Waals surface area (Å²) >= 11 is 0. The average molecular weight is 441 g/mol. The quantitative estimate of drug-likeness (QED) is 0.572. The Bertz CT molecular complexity index is 1110. The molecule has 1 amide bonds. The highest BCUT2D eigenvalue weighted by Crippen LogP contribution is 2.31. The number of piperazine rings is 1. The second kappa shape index (κ2) is 9.34. The Labute approximate surface area is 196 Å². The minimum Gasteiger partial charge on any atom is -0.353 e. The summed E-state index contributed by atoms with van der Waals surface area (Å²) in [5.74, 6) is 2.39. The second-order valence-electron chi connectivity index (χ2n) is 9.40. The van der Waals surface area contributed by atoms with Gasteiger partial charge in [0.05, 0.1) is 0 Å². The summed E-state index contributed by atoms with van der Waals surface area (Å²) in [7, 11) is 0. The fourth-order valence-electron chi connectivity index (χ4n) is 4.73. The van der Waals surface area contributed by atoms with Gasteiger partial charge in [0.15, 0.2) is 5.82 Å². The van der Waals surface area contributed by atoms with Gasteiger partial charge in [-0.1, -0.05) is 66.6 Å². The average Bonchev–Trinajstić information content (AvgIpc) is 2.81. The lowest BCUT2D eigenvalue weighted by molar-refractivity contribution is -0.138. The van der Waals surface area contributed by atoms with Gasteiger partial charge in [-0.15, -0.1) is 0 Å². The summed E-state index contributed by atoms with van der Waals surface area (Å²) in [6, 6.07) is 18.9. The summed E-state index contributed by atoms with van der Waals surface area (Å²) in [6.07, 6.45) is 4.12. The van der Waals surface area contributed by atoms with Crippen LogP contribution in [0.3, 0.4) is 0 Å². The van der Waals surface area contributed by atoms with E-state index in [-0.39, 0.29) is 5.92 Å². The fraction of sp³-hybridized carbons (Fsp3) is 0.393. The molecule has 0 N–H and O–H groups in total. The highest BCUT2D eigenvalue weighted by molar-refractivity contribution is 5.80. The van der Waals surface area contributed by atoms with Crippen LogP contribution in [0, 0.1) is 19.8 Å². The fourth-order valence-corrected chi connectivity index (χ4v) is 4.73. The minimum atomic E-state index is 0.264. The number of rotatable bonds is 5. The predicted molar refractivity (Wildman–Crippen MR) is 132 cm³/mol. The van der Waals surface area contributed by atoms with Crippen molar-refractivity contribution in [3.8, 4) is 11.4 Å². The summed E-state index contributed by atoms with van der Waals surface area (Å²) < 4.78 is 0. The van der Waals surface area contributed by atoms with Crippen molar-refractivity contribution in [2.45, 2.75) is 39.5 Å². The van der Waals surface area contributed by atoms with Gasteiger partial charge in [0.25, 0.3) is 0 Å². The molecular weight excluding hydrogens is 408 g/mol. The van der Waals surface area contributed by atoms with Gasteiger partial charge in [-0.3, -0.25) is 4.79 Å².